The van der Waals surface area contributed by atoms with Gasteiger partial charge in [0.05, 0.1) is 11.6 Å². The third-order valence-corrected chi connectivity index (χ3v) is 2.86. The molecular formula is C14H15N5O. The molecule has 6 heteroatoms. The number of carbonyl (C=O) groups excluding carboxylic acids is 1. The third-order valence-electron chi connectivity index (χ3n) is 2.86. The van der Waals surface area contributed by atoms with Crippen LogP contribution < -0.4 is 11.1 Å². The minimum atomic E-state index is -0.431. The molecule has 2 aromatic rings. The Balaban J connectivity index is 2.03. The van der Waals surface area contributed by atoms with E-state index >= 15 is 0 Å². The fraction of sp³-hybridized carbons (Fsp3) is 0.214. The Bertz CT molecular complexity index is 638. The molecule has 0 radical (unpaired) electrons. The Hall–Kier alpha value is -2.81. The van der Waals surface area contributed by atoms with Gasteiger partial charge in [-0.05, 0) is 24.6 Å². The van der Waals surface area contributed by atoms with Crippen LogP contribution in [0.5, 0.6) is 0 Å². The van der Waals surface area contributed by atoms with Crippen molar-refractivity contribution in [2.45, 2.75) is 19.5 Å². The van der Waals surface area contributed by atoms with Crippen LogP contribution in [0.25, 0.3) is 0 Å². The highest BCUT2D eigenvalue weighted by molar-refractivity contribution is 5.73. The maximum Gasteiger partial charge on any atom is 0.239 e. The summed E-state index contributed by atoms with van der Waals surface area (Å²) in [6.45, 7) is 2.06. The summed E-state index contributed by atoms with van der Waals surface area (Å²) in [6.07, 6.45) is 1.69. The molecule has 1 aromatic carbocycles. The molecular weight excluding hydrogens is 254 g/mol. The molecule has 0 spiro atoms. The summed E-state index contributed by atoms with van der Waals surface area (Å²) in [6, 6.07) is 11.3. The minimum absolute atomic E-state index is 0.0414. The number of nitriles is 1. The summed E-state index contributed by atoms with van der Waals surface area (Å²) in [5.41, 5.74) is 6.79. The second kappa shape index (κ2) is 5.89. The van der Waals surface area contributed by atoms with E-state index in [-0.39, 0.29) is 12.6 Å². The predicted octanol–water partition coefficient (Wildman–Crippen LogP) is 1.41. The summed E-state index contributed by atoms with van der Waals surface area (Å²) in [5.74, 6) is 0.239. The molecule has 0 saturated heterocycles. The molecule has 3 N–H and O–H groups in total. The number of carbonyl (C=O) groups is 1. The van der Waals surface area contributed by atoms with E-state index in [4.69, 9.17) is 11.0 Å². The highest BCUT2D eigenvalue weighted by Crippen LogP contribution is 2.18. The summed E-state index contributed by atoms with van der Waals surface area (Å²) < 4.78 is 1.48. The van der Waals surface area contributed by atoms with Crippen molar-refractivity contribution in [1.82, 2.24) is 9.78 Å². The molecule has 1 heterocycles. The van der Waals surface area contributed by atoms with Crippen LogP contribution >= 0.6 is 0 Å². The molecule has 0 aliphatic rings. The van der Waals surface area contributed by atoms with Crippen molar-refractivity contribution in [3.63, 3.8) is 0 Å². The van der Waals surface area contributed by atoms with Crippen LogP contribution in [-0.4, -0.2) is 15.7 Å². The molecule has 0 bridgehead atoms. The molecule has 0 aliphatic heterocycles. The first-order valence-electron chi connectivity index (χ1n) is 6.17. The summed E-state index contributed by atoms with van der Waals surface area (Å²) >= 11 is 0. The average molecular weight is 269 g/mol. The van der Waals surface area contributed by atoms with Gasteiger partial charge in [0.2, 0.25) is 5.91 Å². The number of benzene rings is 1. The van der Waals surface area contributed by atoms with Gasteiger partial charge in [0, 0.05) is 18.3 Å². The molecule has 1 atom stereocenters. The molecule has 0 unspecified atom stereocenters. The Kier molecular flexibility index (Phi) is 4.01. The van der Waals surface area contributed by atoms with Crippen LogP contribution in [0.1, 0.15) is 24.1 Å². The number of rotatable bonds is 5. The minimum Gasteiger partial charge on any atom is -0.368 e. The van der Waals surface area contributed by atoms with Crippen LogP contribution in [0.15, 0.2) is 36.5 Å². The largest absolute Gasteiger partial charge is 0.368 e. The molecule has 20 heavy (non-hydrogen) atoms. The van der Waals surface area contributed by atoms with Gasteiger partial charge in [0.15, 0.2) is 0 Å². The molecule has 2 rings (SSSR count). The number of aromatic nitrogens is 2. The maximum absolute atomic E-state index is 10.8. The predicted molar refractivity (Wildman–Crippen MR) is 74.6 cm³/mol. The number of nitrogens with one attached hydrogen (secondary N) is 1. The van der Waals surface area contributed by atoms with E-state index < -0.39 is 5.91 Å². The van der Waals surface area contributed by atoms with Crippen molar-refractivity contribution < 1.29 is 4.79 Å². The standard InChI is InChI=1S/C14H15N5O/c1-10(12-4-2-11(8-15)3-5-12)17-14-6-7-19(18-14)9-13(16)20/h2-7,10H,9H2,1H3,(H2,16,20)(H,17,18)/t10-/m0/s1. The molecule has 6 nitrogen and oxygen atoms in total. The summed E-state index contributed by atoms with van der Waals surface area (Å²) in [5, 5.41) is 16.2. The van der Waals surface area contributed by atoms with Gasteiger partial charge in [-0.25, -0.2) is 0 Å². The Labute approximate surface area is 116 Å². The lowest BCUT2D eigenvalue weighted by atomic mass is 10.1. The van der Waals surface area contributed by atoms with Gasteiger partial charge >= 0.3 is 0 Å². The zero-order chi connectivity index (χ0) is 14.5. The van der Waals surface area contributed by atoms with Gasteiger partial charge in [-0.15, -0.1) is 0 Å². The first kappa shape index (κ1) is 13.6. The lowest BCUT2D eigenvalue weighted by molar-refractivity contribution is -0.118. The van der Waals surface area contributed by atoms with E-state index in [1.54, 1.807) is 24.4 Å². The number of anilines is 1. The Morgan fingerprint density at radius 1 is 1.45 bits per heavy atom. The van der Waals surface area contributed by atoms with Crippen LogP contribution in [0.3, 0.4) is 0 Å². The van der Waals surface area contributed by atoms with Gasteiger partial charge in [-0.2, -0.15) is 10.4 Å². The van der Waals surface area contributed by atoms with Gasteiger partial charge in [-0.1, -0.05) is 12.1 Å². The van der Waals surface area contributed by atoms with Gasteiger partial charge in [0.1, 0.15) is 12.4 Å². The van der Waals surface area contributed by atoms with E-state index in [0.717, 1.165) is 5.56 Å². The van der Waals surface area contributed by atoms with Gasteiger partial charge < -0.3 is 11.1 Å². The number of hydrogen-bond donors (Lipinski definition) is 2. The lowest BCUT2D eigenvalue weighted by Crippen LogP contribution is -2.19. The Morgan fingerprint density at radius 2 is 2.15 bits per heavy atom. The number of amides is 1. The fourth-order valence-electron chi connectivity index (χ4n) is 1.84. The van der Waals surface area contributed by atoms with E-state index in [2.05, 4.69) is 16.5 Å². The van der Waals surface area contributed by atoms with E-state index in [1.807, 2.05) is 19.1 Å². The van der Waals surface area contributed by atoms with Crippen molar-refractivity contribution in [2.24, 2.45) is 5.73 Å². The highest BCUT2D eigenvalue weighted by atomic mass is 16.1. The van der Waals surface area contributed by atoms with Crippen molar-refractivity contribution >= 4 is 11.7 Å². The summed E-state index contributed by atoms with van der Waals surface area (Å²) in [7, 11) is 0. The number of primary amides is 1. The Morgan fingerprint density at radius 3 is 2.75 bits per heavy atom. The second-order valence-electron chi connectivity index (χ2n) is 4.46. The molecule has 1 amide bonds. The SMILES string of the molecule is C[C@H](Nc1ccn(CC(N)=O)n1)c1ccc(C#N)cc1. The fourth-order valence-corrected chi connectivity index (χ4v) is 1.84. The maximum atomic E-state index is 10.8. The van der Waals surface area contributed by atoms with E-state index in [0.29, 0.717) is 11.4 Å². The number of hydrogen-bond acceptors (Lipinski definition) is 4. The molecule has 0 fully saturated rings. The van der Waals surface area contributed by atoms with Crippen molar-refractivity contribution in [1.29, 1.82) is 5.26 Å². The lowest BCUT2D eigenvalue weighted by Gasteiger charge is -2.13. The molecule has 102 valence electrons. The molecule has 0 aliphatic carbocycles. The van der Waals surface area contributed by atoms with Crippen LogP contribution in [0, 0.1) is 11.3 Å². The summed E-state index contributed by atoms with van der Waals surface area (Å²) in [4.78, 5) is 10.8. The second-order valence-corrected chi connectivity index (χ2v) is 4.46. The zero-order valence-corrected chi connectivity index (χ0v) is 11.1. The van der Waals surface area contributed by atoms with E-state index in [1.165, 1.54) is 4.68 Å². The normalized spacial score (nSPS) is 11.6. The zero-order valence-electron chi connectivity index (χ0n) is 11.1. The highest BCUT2D eigenvalue weighted by Gasteiger charge is 2.08. The average Bonchev–Trinajstić information content (AvgIpc) is 2.85. The van der Waals surface area contributed by atoms with E-state index in [9.17, 15) is 4.79 Å². The third kappa shape index (κ3) is 3.36. The molecule has 1 aromatic heterocycles. The number of nitrogens with two attached hydrogens (primary N) is 1. The van der Waals surface area contributed by atoms with Crippen molar-refractivity contribution in [3.8, 4) is 6.07 Å². The monoisotopic (exact) mass is 269 g/mol. The van der Waals surface area contributed by atoms with Crippen molar-refractivity contribution in [3.05, 3.63) is 47.7 Å². The smallest absolute Gasteiger partial charge is 0.239 e. The van der Waals surface area contributed by atoms with Crippen LogP contribution in [-0.2, 0) is 11.3 Å². The van der Waals surface area contributed by atoms with Crippen LogP contribution in [0.2, 0.25) is 0 Å². The first-order chi connectivity index (χ1) is 9.58. The topological polar surface area (TPSA) is 96.7 Å². The quantitative estimate of drug-likeness (QED) is 0.857. The molecule has 0 saturated carbocycles. The number of nitrogens with zero attached hydrogens (tertiary/aromatic N) is 3. The van der Waals surface area contributed by atoms with Crippen LogP contribution in [0.4, 0.5) is 5.82 Å². The van der Waals surface area contributed by atoms with Gasteiger partial charge in [-0.3, -0.25) is 9.48 Å². The first-order valence-corrected chi connectivity index (χ1v) is 6.17. The van der Waals surface area contributed by atoms with Crippen molar-refractivity contribution in [2.75, 3.05) is 5.32 Å². The van der Waals surface area contributed by atoms with Gasteiger partial charge in [0.25, 0.3) is 0 Å².